The molecule has 0 bridgehead atoms. The van der Waals surface area contributed by atoms with E-state index < -0.39 is 5.60 Å². The molecule has 1 N–H and O–H groups in total. The van der Waals surface area contributed by atoms with Crippen LogP contribution in [0.25, 0.3) is 0 Å². The molecule has 0 aromatic rings. The first-order valence-electron chi connectivity index (χ1n) is 3.59. The Balaban J connectivity index is 2.55. The Morgan fingerprint density at radius 3 is 2.90 bits per heavy atom. The molecule has 1 aliphatic rings. The molecule has 1 fully saturated rings. The molecule has 10 heavy (non-hydrogen) atoms. The van der Waals surface area contributed by atoms with Crippen LogP contribution in [-0.2, 0) is 4.74 Å². The van der Waals surface area contributed by atoms with Gasteiger partial charge in [-0.15, -0.1) is 0 Å². The highest BCUT2D eigenvalue weighted by atomic mass is 16.5. The minimum atomic E-state index is -0.543. The second-order valence-corrected chi connectivity index (χ2v) is 2.48. The Labute approximate surface area is 61.0 Å². The average Bonchev–Trinajstić information content (AvgIpc) is 2.06. The van der Waals surface area contributed by atoms with E-state index in [0.717, 1.165) is 13.0 Å². The number of nitriles is 1. The topological polar surface area (TPSA) is 45.0 Å². The smallest absolute Gasteiger partial charge is 0.166 e. The summed E-state index contributed by atoms with van der Waals surface area (Å²) in [6.45, 7) is 4.15. The van der Waals surface area contributed by atoms with Crippen LogP contribution in [-0.4, -0.2) is 25.3 Å². The molecular weight excluding hydrogens is 128 g/mol. The fraction of sp³-hybridized carbons (Fsp3) is 0.857. The first-order valence-corrected chi connectivity index (χ1v) is 3.59. The van der Waals surface area contributed by atoms with Crippen LogP contribution in [0.1, 0.15) is 13.3 Å². The number of ether oxygens (including phenoxy) is 1. The van der Waals surface area contributed by atoms with Gasteiger partial charge >= 0.3 is 0 Å². The zero-order valence-corrected chi connectivity index (χ0v) is 6.18. The van der Waals surface area contributed by atoms with Crippen LogP contribution in [0, 0.1) is 11.3 Å². The van der Waals surface area contributed by atoms with E-state index in [2.05, 4.69) is 11.4 Å². The Bertz CT molecular complexity index is 144. The van der Waals surface area contributed by atoms with Crippen LogP contribution in [0.15, 0.2) is 0 Å². The molecule has 1 heterocycles. The summed E-state index contributed by atoms with van der Waals surface area (Å²) >= 11 is 0. The largest absolute Gasteiger partial charge is 0.357 e. The van der Waals surface area contributed by atoms with Crippen molar-refractivity contribution in [3.05, 3.63) is 0 Å². The Hall–Kier alpha value is -0.590. The Kier molecular flexibility index (Phi) is 2.25. The van der Waals surface area contributed by atoms with Crippen molar-refractivity contribution in [2.24, 2.45) is 0 Å². The summed E-state index contributed by atoms with van der Waals surface area (Å²) in [5, 5.41) is 11.9. The molecule has 1 rings (SSSR count). The fourth-order valence-electron chi connectivity index (χ4n) is 1.04. The van der Waals surface area contributed by atoms with Gasteiger partial charge in [0.05, 0.1) is 12.7 Å². The van der Waals surface area contributed by atoms with Crippen molar-refractivity contribution in [2.75, 3.05) is 19.7 Å². The molecule has 3 nitrogen and oxygen atoms in total. The molecule has 0 aromatic carbocycles. The molecule has 1 saturated heterocycles. The SMILES string of the molecule is CCC1(C#N)CNCCO1. The molecule has 0 aromatic heterocycles. The summed E-state index contributed by atoms with van der Waals surface area (Å²) in [4.78, 5) is 0. The number of rotatable bonds is 1. The van der Waals surface area contributed by atoms with Gasteiger partial charge in [0.2, 0.25) is 0 Å². The van der Waals surface area contributed by atoms with Gasteiger partial charge < -0.3 is 10.1 Å². The summed E-state index contributed by atoms with van der Waals surface area (Å²) in [7, 11) is 0. The van der Waals surface area contributed by atoms with Crippen LogP contribution in [0.4, 0.5) is 0 Å². The quantitative estimate of drug-likeness (QED) is 0.569. The lowest BCUT2D eigenvalue weighted by atomic mass is 10.0. The van der Waals surface area contributed by atoms with Gasteiger partial charge in [0.15, 0.2) is 5.60 Å². The lowest BCUT2D eigenvalue weighted by Gasteiger charge is -2.30. The highest BCUT2D eigenvalue weighted by Gasteiger charge is 2.30. The minimum Gasteiger partial charge on any atom is -0.357 e. The second-order valence-electron chi connectivity index (χ2n) is 2.48. The lowest BCUT2D eigenvalue weighted by molar-refractivity contribution is -0.0269. The monoisotopic (exact) mass is 140 g/mol. The van der Waals surface area contributed by atoms with Crippen molar-refractivity contribution >= 4 is 0 Å². The van der Waals surface area contributed by atoms with Crippen LogP contribution in [0.5, 0.6) is 0 Å². The van der Waals surface area contributed by atoms with Crippen molar-refractivity contribution in [1.29, 1.82) is 5.26 Å². The first-order chi connectivity index (χ1) is 4.83. The van der Waals surface area contributed by atoms with E-state index in [9.17, 15) is 0 Å². The number of nitrogens with one attached hydrogen (secondary N) is 1. The van der Waals surface area contributed by atoms with E-state index in [4.69, 9.17) is 10.00 Å². The molecule has 0 saturated carbocycles. The first kappa shape index (κ1) is 7.52. The maximum atomic E-state index is 8.73. The Morgan fingerprint density at radius 1 is 1.80 bits per heavy atom. The van der Waals surface area contributed by atoms with Crippen molar-refractivity contribution in [1.82, 2.24) is 5.32 Å². The van der Waals surface area contributed by atoms with Crippen molar-refractivity contribution in [3.63, 3.8) is 0 Å². The van der Waals surface area contributed by atoms with Crippen LogP contribution < -0.4 is 5.32 Å². The van der Waals surface area contributed by atoms with E-state index in [0.29, 0.717) is 13.2 Å². The van der Waals surface area contributed by atoms with Gasteiger partial charge in [0.1, 0.15) is 0 Å². The van der Waals surface area contributed by atoms with Gasteiger partial charge in [-0.05, 0) is 6.42 Å². The molecule has 1 aliphatic heterocycles. The predicted molar refractivity (Wildman–Crippen MR) is 37.5 cm³/mol. The summed E-state index contributed by atoms with van der Waals surface area (Å²) < 4.78 is 5.34. The summed E-state index contributed by atoms with van der Waals surface area (Å²) in [6.07, 6.45) is 0.760. The van der Waals surface area contributed by atoms with E-state index in [1.165, 1.54) is 0 Å². The standard InChI is InChI=1S/C7H12N2O/c1-2-7(5-8)6-9-3-4-10-7/h9H,2-4,6H2,1H3. The van der Waals surface area contributed by atoms with Gasteiger partial charge in [-0.2, -0.15) is 5.26 Å². The van der Waals surface area contributed by atoms with E-state index >= 15 is 0 Å². The van der Waals surface area contributed by atoms with E-state index in [1.807, 2.05) is 6.92 Å². The van der Waals surface area contributed by atoms with Crippen LogP contribution >= 0.6 is 0 Å². The average molecular weight is 140 g/mol. The zero-order chi connectivity index (χ0) is 7.45. The number of morpholine rings is 1. The number of hydrogen-bond acceptors (Lipinski definition) is 3. The zero-order valence-electron chi connectivity index (χ0n) is 6.18. The van der Waals surface area contributed by atoms with Gasteiger partial charge in [-0.25, -0.2) is 0 Å². The third-order valence-corrected chi connectivity index (χ3v) is 1.84. The molecule has 56 valence electrons. The van der Waals surface area contributed by atoms with Gasteiger partial charge in [0.25, 0.3) is 0 Å². The van der Waals surface area contributed by atoms with E-state index in [-0.39, 0.29) is 0 Å². The van der Waals surface area contributed by atoms with Gasteiger partial charge in [-0.1, -0.05) is 6.92 Å². The molecule has 0 amide bonds. The number of nitrogens with zero attached hydrogens (tertiary/aromatic N) is 1. The van der Waals surface area contributed by atoms with E-state index in [1.54, 1.807) is 0 Å². The number of hydrogen-bond donors (Lipinski definition) is 1. The van der Waals surface area contributed by atoms with Gasteiger partial charge in [-0.3, -0.25) is 0 Å². The summed E-state index contributed by atoms with van der Waals surface area (Å²) in [5.74, 6) is 0. The fourth-order valence-corrected chi connectivity index (χ4v) is 1.04. The molecule has 1 unspecified atom stereocenters. The highest BCUT2D eigenvalue weighted by Crippen LogP contribution is 2.15. The molecule has 0 aliphatic carbocycles. The lowest BCUT2D eigenvalue weighted by Crippen LogP contribution is -2.48. The predicted octanol–water partition coefficient (Wildman–Crippen LogP) is 0.279. The maximum absolute atomic E-state index is 8.73. The molecular formula is C7H12N2O. The molecule has 0 spiro atoms. The van der Waals surface area contributed by atoms with Crippen molar-refractivity contribution < 1.29 is 4.74 Å². The van der Waals surface area contributed by atoms with Crippen LogP contribution in [0.2, 0.25) is 0 Å². The normalized spacial score (nSPS) is 33.2. The minimum absolute atomic E-state index is 0.543. The highest BCUT2D eigenvalue weighted by molar-refractivity contribution is 5.04. The maximum Gasteiger partial charge on any atom is 0.166 e. The van der Waals surface area contributed by atoms with Crippen LogP contribution in [0.3, 0.4) is 0 Å². The van der Waals surface area contributed by atoms with Crippen molar-refractivity contribution in [3.8, 4) is 6.07 Å². The molecule has 0 radical (unpaired) electrons. The summed E-state index contributed by atoms with van der Waals surface area (Å²) in [5.41, 5.74) is -0.543. The second kappa shape index (κ2) is 3.00. The third-order valence-electron chi connectivity index (χ3n) is 1.84. The third kappa shape index (κ3) is 1.28. The Morgan fingerprint density at radius 2 is 2.60 bits per heavy atom. The molecule has 1 atom stereocenters. The molecule has 3 heteroatoms. The van der Waals surface area contributed by atoms with Gasteiger partial charge in [0, 0.05) is 13.1 Å². The van der Waals surface area contributed by atoms with Crippen molar-refractivity contribution in [2.45, 2.75) is 18.9 Å². The summed E-state index contributed by atoms with van der Waals surface area (Å²) in [6, 6.07) is 2.18.